The van der Waals surface area contributed by atoms with Crippen molar-refractivity contribution in [3.63, 3.8) is 0 Å². The monoisotopic (exact) mass is 393 g/mol. The number of esters is 2. The Balaban J connectivity index is 2.64. The molecule has 0 aromatic heterocycles. The zero-order chi connectivity index (χ0) is 19.1. The maximum atomic E-state index is 13.8. The number of alkyl halides is 4. The number of carbonyl (C=O) groups is 2. The molecule has 0 N–H and O–H groups in total. The molecule has 0 bridgehead atoms. The number of hydrogen-bond donors (Lipinski definition) is 0. The van der Waals surface area contributed by atoms with Gasteiger partial charge in [-0.1, -0.05) is 13.3 Å². The van der Waals surface area contributed by atoms with Crippen molar-refractivity contribution in [3.8, 4) is 0 Å². The lowest BCUT2D eigenvalue weighted by Gasteiger charge is -2.35. The van der Waals surface area contributed by atoms with E-state index >= 15 is 0 Å². The molecule has 0 aromatic rings. The maximum absolute atomic E-state index is 13.8. The van der Waals surface area contributed by atoms with Gasteiger partial charge in [0.2, 0.25) is 0 Å². The number of hydrogen-bond acceptors (Lipinski definition) is 8. The van der Waals surface area contributed by atoms with Gasteiger partial charge in [-0.3, -0.25) is 5.04 Å². The second-order valence-electron chi connectivity index (χ2n) is 5.46. The van der Waals surface area contributed by atoms with Crippen LogP contribution in [0.15, 0.2) is 0 Å². The third-order valence-corrected chi connectivity index (χ3v) is 4.62. The van der Waals surface area contributed by atoms with Crippen LogP contribution in [0.1, 0.15) is 45.4 Å². The van der Waals surface area contributed by atoms with Gasteiger partial charge in [-0.05, 0) is 32.1 Å². The van der Waals surface area contributed by atoms with Gasteiger partial charge < -0.3 is 14.7 Å². The normalized spacial score (nSPS) is 19.8. The van der Waals surface area contributed by atoms with E-state index in [1.165, 1.54) is 0 Å². The summed E-state index contributed by atoms with van der Waals surface area (Å²) in [6.07, 6.45) is -1.48. The van der Waals surface area contributed by atoms with Crippen molar-refractivity contribution < 1.29 is 51.3 Å². The third-order valence-electron chi connectivity index (χ3n) is 3.86. The molecule has 0 aliphatic heterocycles. The molecule has 1 saturated carbocycles. The summed E-state index contributed by atoms with van der Waals surface area (Å²) in [6, 6.07) is 0. The molecule has 0 aromatic carbocycles. The lowest BCUT2D eigenvalue weighted by Crippen LogP contribution is -2.47. The van der Waals surface area contributed by atoms with Gasteiger partial charge in [-0.25, -0.2) is 14.0 Å². The standard InChI is InChI=1S/C13H18F4O7S/c1-2-11(6-4-3-5-7-11)22-9(18)8-21-10(19)12(14,13(15,16)17)25-24-23-20/h20H,2-8H2,1H3/p-1. The molecule has 0 spiro atoms. The summed E-state index contributed by atoms with van der Waals surface area (Å²) >= 11 is -1.22. The molecule has 146 valence electrons. The van der Waals surface area contributed by atoms with E-state index in [1.54, 1.807) is 6.92 Å². The molecule has 7 nitrogen and oxygen atoms in total. The fraction of sp³-hybridized carbons (Fsp3) is 0.846. The first-order chi connectivity index (χ1) is 11.6. The van der Waals surface area contributed by atoms with Gasteiger partial charge in [0.25, 0.3) is 0 Å². The van der Waals surface area contributed by atoms with Gasteiger partial charge in [0.05, 0.1) is 12.0 Å². The zero-order valence-electron chi connectivity index (χ0n) is 13.2. The summed E-state index contributed by atoms with van der Waals surface area (Å²) in [5.74, 6) is -3.55. The van der Waals surface area contributed by atoms with E-state index in [1.807, 2.05) is 0 Å². The number of rotatable bonds is 8. The van der Waals surface area contributed by atoms with Crippen molar-refractivity contribution in [2.75, 3.05) is 6.61 Å². The number of ether oxygens (including phenoxy) is 2. The highest BCUT2D eigenvalue weighted by atomic mass is 32.2. The summed E-state index contributed by atoms with van der Waals surface area (Å²) in [5, 5.41) is 7.46. The highest BCUT2D eigenvalue weighted by Gasteiger charge is 2.66. The lowest BCUT2D eigenvalue weighted by atomic mass is 9.83. The Morgan fingerprint density at radius 2 is 1.76 bits per heavy atom. The van der Waals surface area contributed by atoms with E-state index in [2.05, 4.69) is 14.1 Å². The van der Waals surface area contributed by atoms with E-state index in [-0.39, 0.29) is 0 Å². The third kappa shape index (κ3) is 5.69. The van der Waals surface area contributed by atoms with E-state index in [0.29, 0.717) is 19.3 Å². The van der Waals surface area contributed by atoms with Crippen LogP contribution in [0, 0.1) is 0 Å². The highest BCUT2D eigenvalue weighted by molar-refractivity contribution is 7.96. The molecule has 1 atom stereocenters. The van der Waals surface area contributed by atoms with Crippen LogP contribution in [0.3, 0.4) is 0 Å². The maximum Gasteiger partial charge on any atom is 0.446 e. The molecule has 1 unspecified atom stereocenters. The largest absolute Gasteiger partial charge is 0.691 e. The molecule has 1 rings (SSSR count). The second-order valence-corrected chi connectivity index (χ2v) is 6.33. The summed E-state index contributed by atoms with van der Waals surface area (Å²) in [6.45, 7) is 0.582. The van der Waals surface area contributed by atoms with Crippen molar-refractivity contribution in [3.05, 3.63) is 0 Å². The first-order valence-corrected chi connectivity index (χ1v) is 8.13. The minimum atomic E-state index is -5.77. The first kappa shape index (κ1) is 21.9. The van der Waals surface area contributed by atoms with Crippen LogP contribution in [-0.2, 0) is 28.4 Å². The van der Waals surface area contributed by atoms with Crippen molar-refractivity contribution in [1.29, 1.82) is 0 Å². The SMILES string of the molecule is CCC1(OC(=O)COC(=O)C(F)(SOO[O-])C(F)(F)F)CCCCC1. The minimum Gasteiger partial charge on any atom is -0.691 e. The molecule has 0 amide bonds. The van der Waals surface area contributed by atoms with E-state index < -0.39 is 47.4 Å². The molecule has 0 saturated heterocycles. The van der Waals surface area contributed by atoms with Crippen LogP contribution in [0.5, 0.6) is 0 Å². The van der Waals surface area contributed by atoms with Crippen LogP contribution >= 0.6 is 12.0 Å². The quantitative estimate of drug-likeness (QED) is 0.204. The zero-order valence-corrected chi connectivity index (χ0v) is 14.0. The Hall–Kier alpha value is -1.11. The molecule has 25 heavy (non-hydrogen) atoms. The van der Waals surface area contributed by atoms with Crippen LogP contribution in [0.2, 0.25) is 0 Å². The van der Waals surface area contributed by atoms with Gasteiger partial charge in [-0.15, -0.1) is 0 Å². The van der Waals surface area contributed by atoms with Crippen molar-refractivity contribution in [2.45, 2.75) is 62.2 Å². The van der Waals surface area contributed by atoms with Crippen molar-refractivity contribution >= 4 is 24.0 Å². The van der Waals surface area contributed by atoms with Gasteiger partial charge in [-0.2, -0.15) is 17.5 Å². The first-order valence-electron chi connectivity index (χ1n) is 7.39. The summed E-state index contributed by atoms with van der Waals surface area (Å²) in [5.41, 5.74) is -0.757. The van der Waals surface area contributed by atoms with Crippen LogP contribution in [0.4, 0.5) is 17.6 Å². The van der Waals surface area contributed by atoms with Gasteiger partial charge in [0, 0.05) is 0 Å². The Morgan fingerprint density at radius 1 is 1.16 bits per heavy atom. The summed E-state index contributed by atoms with van der Waals surface area (Å²) < 4.78 is 64.3. The number of halogens is 4. The molecule has 1 aliphatic carbocycles. The number of carbonyl (C=O) groups excluding carboxylic acids is 2. The lowest BCUT2D eigenvalue weighted by molar-refractivity contribution is -0.777. The van der Waals surface area contributed by atoms with Crippen LogP contribution < -0.4 is 5.26 Å². The van der Waals surface area contributed by atoms with E-state index in [0.717, 1.165) is 19.3 Å². The van der Waals surface area contributed by atoms with Gasteiger partial charge in [0.1, 0.15) is 5.60 Å². The molecular formula is C13H17F4O7S-. The molecule has 12 heteroatoms. The predicted molar refractivity (Wildman–Crippen MR) is 72.8 cm³/mol. The van der Waals surface area contributed by atoms with E-state index in [9.17, 15) is 32.4 Å². The van der Waals surface area contributed by atoms with Crippen LogP contribution in [0.25, 0.3) is 0 Å². The summed E-state index contributed by atoms with van der Waals surface area (Å²) in [4.78, 5) is 23.1. The highest BCUT2D eigenvalue weighted by Crippen LogP contribution is 2.44. The van der Waals surface area contributed by atoms with Gasteiger partial charge >= 0.3 is 23.1 Å². The Kier molecular flexibility index (Phi) is 7.90. The van der Waals surface area contributed by atoms with E-state index in [4.69, 9.17) is 4.74 Å². The smallest absolute Gasteiger partial charge is 0.446 e. The molecule has 1 aliphatic rings. The second kappa shape index (κ2) is 9.01. The van der Waals surface area contributed by atoms with Crippen LogP contribution in [-0.4, -0.2) is 35.3 Å². The Bertz CT molecular complexity index is 468. The average Bonchev–Trinajstić information content (AvgIpc) is 2.57. The molecule has 0 radical (unpaired) electrons. The Morgan fingerprint density at radius 3 is 2.24 bits per heavy atom. The Labute approximate surface area is 145 Å². The average molecular weight is 393 g/mol. The fourth-order valence-electron chi connectivity index (χ4n) is 2.47. The molecular weight excluding hydrogens is 376 g/mol. The van der Waals surface area contributed by atoms with Crippen molar-refractivity contribution in [2.24, 2.45) is 0 Å². The predicted octanol–water partition coefficient (Wildman–Crippen LogP) is 2.29. The molecule has 0 heterocycles. The fourth-order valence-corrected chi connectivity index (χ4v) is 2.81. The minimum absolute atomic E-state index is 0.493. The van der Waals surface area contributed by atoms with Gasteiger partial charge in [0.15, 0.2) is 6.61 Å². The summed E-state index contributed by atoms with van der Waals surface area (Å²) in [7, 11) is 0. The van der Waals surface area contributed by atoms with Crippen molar-refractivity contribution in [1.82, 2.24) is 0 Å². The molecule has 1 fully saturated rings. The topological polar surface area (TPSA) is 94.1 Å².